The number of imidazole rings is 1. The van der Waals surface area contributed by atoms with Crippen molar-refractivity contribution in [3.05, 3.63) is 123 Å². The topological polar surface area (TPSA) is 121 Å². The Morgan fingerprint density at radius 3 is 2.44 bits per heavy atom. The van der Waals surface area contributed by atoms with Crippen LogP contribution in [0.5, 0.6) is 0 Å². The molecule has 1 saturated heterocycles. The fourth-order valence-corrected chi connectivity index (χ4v) is 10.3. The number of amides is 1. The zero-order chi connectivity index (χ0) is 43.0. The Balaban J connectivity index is 1.04. The summed E-state index contributed by atoms with van der Waals surface area (Å²) < 4.78 is 45.3. The number of carbonyl (C=O) groups is 1. The first-order valence-corrected chi connectivity index (χ1v) is 21.6. The third kappa shape index (κ3) is 5.91. The van der Waals surface area contributed by atoms with E-state index >= 15 is 13.6 Å². The highest BCUT2D eigenvalue weighted by molar-refractivity contribution is 5.99. The molecule has 11 rings (SSSR count). The van der Waals surface area contributed by atoms with Crippen LogP contribution in [-0.2, 0) is 16.7 Å². The molecule has 6 heterocycles. The lowest BCUT2D eigenvalue weighted by Crippen LogP contribution is -2.45. The lowest BCUT2D eigenvalue weighted by Gasteiger charge is -2.38. The average Bonchev–Trinajstić information content (AvgIpc) is 4.06. The summed E-state index contributed by atoms with van der Waals surface area (Å²) in [5.41, 5.74) is 4.81. The first-order chi connectivity index (χ1) is 29.8. The zero-order valence-electron chi connectivity index (χ0n) is 35.5. The van der Waals surface area contributed by atoms with Gasteiger partial charge in [0.1, 0.15) is 29.7 Å². The van der Waals surface area contributed by atoms with Gasteiger partial charge in [-0.1, -0.05) is 6.07 Å². The molecule has 7 aromatic rings. The Bertz CT molecular complexity index is 3110. The highest BCUT2D eigenvalue weighted by atomic mass is 19.1. The molecule has 1 amide bonds. The van der Waals surface area contributed by atoms with Crippen LogP contribution in [0.1, 0.15) is 116 Å². The molecule has 0 N–H and O–H groups in total. The monoisotopic (exact) mass is 835 g/mol. The summed E-state index contributed by atoms with van der Waals surface area (Å²) in [6.45, 7) is 10.6. The number of nitrogens with zero attached hydrogens (tertiary/aromatic N) is 9. The van der Waals surface area contributed by atoms with Gasteiger partial charge in [0.05, 0.1) is 52.5 Å². The molecule has 0 radical (unpaired) electrons. The predicted molar refractivity (Wildman–Crippen MR) is 229 cm³/mol. The fraction of sp³-hybridized carbons (Fsp3) is 0.396. The molecule has 2 atom stereocenters. The maximum atomic E-state index is 16.1. The zero-order valence-corrected chi connectivity index (χ0v) is 35.5. The molecule has 4 aliphatic rings. The first-order valence-electron chi connectivity index (χ1n) is 21.6. The summed E-state index contributed by atoms with van der Waals surface area (Å²) in [7, 11) is 0. The van der Waals surface area contributed by atoms with Crippen LogP contribution >= 0.6 is 0 Å². The fourth-order valence-electron chi connectivity index (χ4n) is 10.3. The molecule has 0 unspecified atom stereocenters. The van der Waals surface area contributed by atoms with Crippen LogP contribution in [0.15, 0.2) is 71.9 Å². The second kappa shape index (κ2) is 13.6. The minimum Gasteiger partial charge on any atom is -0.376 e. The summed E-state index contributed by atoms with van der Waals surface area (Å²) in [5.74, 6) is -0.404. The lowest BCUT2D eigenvalue weighted by molar-refractivity contribution is -0.0592. The van der Waals surface area contributed by atoms with E-state index in [0.717, 1.165) is 60.5 Å². The third-order valence-electron chi connectivity index (χ3n) is 13.9. The first kappa shape index (κ1) is 38.6. The number of hydrogen-bond acceptors (Lipinski definition) is 6. The molecule has 12 nitrogen and oxygen atoms in total. The normalized spacial score (nSPS) is 20.3. The SMILES string of the molecule is Cc1cc(-n2nc3c(c2-n2ccn(-c4cc5cnn(C6CC6)c5cc4F)c2=O)[C@H](C)N(C(=O)c2cc4cc([C@H]5CCOC(C)(C)C5)ccc4n2CC#N)CC32CC2)cc(C)c1F. The average molecular weight is 836 g/mol. The van der Waals surface area contributed by atoms with Crippen LogP contribution in [-0.4, -0.2) is 62.8 Å². The molecular weight excluding hydrogens is 789 g/mol. The van der Waals surface area contributed by atoms with Gasteiger partial charge in [-0.15, -0.1) is 0 Å². The molecule has 4 aromatic heterocycles. The molecule has 1 spiro atoms. The van der Waals surface area contributed by atoms with Crippen molar-refractivity contribution in [2.45, 2.75) is 109 Å². The van der Waals surface area contributed by atoms with Gasteiger partial charge in [0, 0.05) is 58.9 Å². The van der Waals surface area contributed by atoms with E-state index in [1.807, 2.05) is 28.6 Å². The van der Waals surface area contributed by atoms with Gasteiger partial charge in [-0.3, -0.25) is 18.6 Å². The maximum absolute atomic E-state index is 16.1. The van der Waals surface area contributed by atoms with E-state index in [4.69, 9.17) is 9.84 Å². The van der Waals surface area contributed by atoms with Crippen LogP contribution < -0.4 is 5.69 Å². The lowest BCUT2D eigenvalue weighted by atomic mass is 9.83. The third-order valence-corrected chi connectivity index (χ3v) is 13.9. The Morgan fingerprint density at radius 2 is 1.73 bits per heavy atom. The number of fused-ring (bicyclic) bond motifs is 4. The quantitative estimate of drug-likeness (QED) is 0.158. The summed E-state index contributed by atoms with van der Waals surface area (Å²) in [5, 5.41) is 21.4. The van der Waals surface area contributed by atoms with Crippen molar-refractivity contribution in [1.82, 2.24) is 38.2 Å². The molecule has 2 aliphatic heterocycles. The number of aromatic nitrogens is 7. The van der Waals surface area contributed by atoms with E-state index in [1.54, 1.807) is 59.9 Å². The standard InChI is InChI=1S/C48H47F2N9O3/c1-27-18-35(19-28(2)42(27)50)59-44(56-16-15-55(46(56)61)39-22-33-25-52-58(34-7-8-34)38(33)23-36(39)49)41-29(3)57(26-48(11-12-48)43(41)53-59)45(60)40-21-32-20-30(6-9-37(32)54(40)14-13-51)31-10-17-62-47(4,5)24-31/h6,9,15-16,18-23,25,29,31,34H,7-8,10-12,14,17,24,26H2,1-5H3/t29-,31-/m0/s1. The van der Waals surface area contributed by atoms with Crippen molar-refractivity contribution in [3.63, 3.8) is 0 Å². The highest BCUT2D eigenvalue weighted by Gasteiger charge is 2.56. The number of rotatable bonds is 7. The largest absolute Gasteiger partial charge is 0.376 e. The summed E-state index contributed by atoms with van der Waals surface area (Å²) >= 11 is 0. The predicted octanol–water partition coefficient (Wildman–Crippen LogP) is 8.79. The van der Waals surface area contributed by atoms with Crippen LogP contribution in [0.3, 0.4) is 0 Å². The van der Waals surface area contributed by atoms with Crippen molar-refractivity contribution in [2.75, 3.05) is 13.2 Å². The second-order valence-corrected chi connectivity index (χ2v) is 18.7. The van der Waals surface area contributed by atoms with Gasteiger partial charge in [-0.25, -0.2) is 18.3 Å². The van der Waals surface area contributed by atoms with Gasteiger partial charge in [-0.05, 0) is 132 Å². The van der Waals surface area contributed by atoms with Crippen molar-refractivity contribution < 1.29 is 18.3 Å². The number of halogens is 2. The molecular formula is C48H47F2N9O3. The number of ether oxygens (including phenoxy) is 1. The smallest absolute Gasteiger partial charge is 0.338 e. The van der Waals surface area contributed by atoms with Crippen molar-refractivity contribution in [3.8, 4) is 23.3 Å². The molecule has 0 bridgehead atoms. The van der Waals surface area contributed by atoms with E-state index in [2.05, 4.69) is 37.1 Å². The maximum Gasteiger partial charge on any atom is 0.338 e. The van der Waals surface area contributed by atoms with Gasteiger partial charge in [0.25, 0.3) is 5.91 Å². The Labute approximate surface area is 356 Å². The molecule has 3 aromatic carbocycles. The summed E-state index contributed by atoms with van der Waals surface area (Å²) in [6.07, 6.45) is 10.2. The van der Waals surface area contributed by atoms with Crippen molar-refractivity contribution in [2.24, 2.45) is 0 Å². The summed E-state index contributed by atoms with van der Waals surface area (Å²) in [4.78, 5) is 31.8. The van der Waals surface area contributed by atoms with Crippen LogP contribution in [0.25, 0.3) is 39.0 Å². The summed E-state index contributed by atoms with van der Waals surface area (Å²) in [6, 6.07) is 16.6. The molecule has 2 saturated carbocycles. The van der Waals surface area contributed by atoms with Gasteiger partial charge < -0.3 is 14.2 Å². The second-order valence-electron chi connectivity index (χ2n) is 18.7. The molecule has 2 aliphatic carbocycles. The van der Waals surface area contributed by atoms with E-state index in [1.165, 1.54) is 20.8 Å². The van der Waals surface area contributed by atoms with Crippen molar-refractivity contribution >= 4 is 27.7 Å². The molecule has 3 fully saturated rings. The van der Waals surface area contributed by atoms with E-state index < -0.39 is 23.0 Å². The number of benzene rings is 3. The van der Waals surface area contributed by atoms with E-state index in [-0.39, 0.29) is 35.6 Å². The minimum atomic E-state index is -0.583. The van der Waals surface area contributed by atoms with Gasteiger partial charge >= 0.3 is 5.69 Å². The minimum absolute atomic E-state index is 0.00802. The molecule has 316 valence electrons. The van der Waals surface area contributed by atoms with Crippen molar-refractivity contribution in [1.29, 1.82) is 5.26 Å². The number of aryl methyl sites for hydroxylation is 2. The molecule has 62 heavy (non-hydrogen) atoms. The van der Waals surface area contributed by atoms with Crippen LogP contribution in [0, 0.1) is 36.8 Å². The molecule has 14 heteroatoms. The number of nitriles is 1. The Kier molecular flexibility index (Phi) is 8.45. The number of carbonyl (C=O) groups excluding carboxylic acids is 1. The van der Waals surface area contributed by atoms with E-state index in [0.29, 0.717) is 58.5 Å². The Morgan fingerprint density at radius 1 is 0.968 bits per heavy atom. The highest BCUT2D eigenvalue weighted by Crippen LogP contribution is 2.56. The van der Waals surface area contributed by atoms with Gasteiger partial charge in [0.15, 0.2) is 0 Å². The Hall–Kier alpha value is -6.33. The van der Waals surface area contributed by atoms with Gasteiger partial charge in [-0.2, -0.15) is 15.5 Å². The van der Waals surface area contributed by atoms with Gasteiger partial charge in [0.2, 0.25) is 0 Å². The number of hydrogen-bond donors (Lipinski definition) is 0. The van der Waals surface area contributed by atoms with E-state index in [9.17, 15) is 10.1 Å². The van der Waals surface area contributed by atoms with Crippen LogP contribution in [0.2, 0.25) is 0 Å². The van der Waals surface area contributed by atoms with Crippen LogP contribution in [0.4, 0.5) is 8.78 Å².